The summed E-state index contributed by atoms with van der Waals surface area (Å²) in [4.78, 5) is 14.4. The van der Waals surface area contributed by atoms with Crippen molar-refractivity contribution < 1.29 is 17.9 Å². The summed E-state index contributed by atoms with van der Waals surface area (Å²) in [5.74, 6) is 1.52. The molecule has 30 heavy (non-hydrogen) atoms. The van der Waals surface area contributed by atoms with Crippen LogP contribution in [0.2, 0.25) is 0 Å². The number of carbonyl (C=O) groups is 1. The summed E-state index contributed by atoms with van der Waals surface area (Å²) in [6, 6.07) is 10.5. The molecule has 1 heterocycles. The van der Waals surface area contributed by atoms with Crippen LogP contribution in [-0.4, -0.2) is 57.3 Å². The summed E-state index contributed by atoms with van der Waals surface area (Å²) < 4.78 is 32.6. The van der Waals surface area contributed by atoms with Crippen molar-refractivity contribution in [3.8, 4) is 0 Å². The number of hydrogen-bond donors (Lipinski definition) is 1. The maximum Gasteiger partial charge on any atom is 0.225 e. The highest BCUT2D eigenvalue weighted by atomic mass is 32.2. The Kier molecular flexibility index (Phi) is 6.80. The maximum absolute atomic E-state index is 12.5. The van der Waals surface area contributed by atoms with Gasteiger partial charge in [0, 0.05) is 25.6 Å². The molecule has 2 aliphatic carbocycles. The van der Waals surface area contributed by atoms with Crippen molar-refractivity contribution in [2.45, 2.75) is 63.0 Å². The minimum absolute atomic E-state index is 0.179. The van der Waals surface area contributed by atoms with Crippen LogP contribution in [0, 0.1) is 11.8 Å². The van der Waals surface area contributed by atoms with Gasteiger partial charge in [0.2, 0.25) is 15.9 Å². The fourth-order valence-electron chi connectivity index (χ4n) is 4.93. The highest BCUT2D eigenvalue weighted by Gasteiger charge is 2.39. The third-order valence-corrected chi connectivity index (χ3v) is 7.56. The molecule has 7 heteroatoms. The molecule has 1 aliphatic heterocycles. The van der Waals surface area contributed by atoms with Gasteiger partial charge in [0.05, 0.1) is 18.4 Å². The minimum Gasteiger partial charge on any atom is -0.374 e. The first-order chi connectivity index (χ1) is 14.4. The number of ether oxygens (including phenoxy) is 1. The van der Waals surface area contributed by atoms with Crippen molar-refractivity contribution in [1.29, 1.82) is 0 Å². The highest BCUT2D eigenvalue weighted by molar-refractivity contribution is 7.88. The average Bonchev–Trinajstić information content (AvgIpc) is 3.58. The van der Waals surface area contributed by atoms with E-state index >= 15 is 0 Å². The molecular weight excluding hydrogens is 400 g/mol. The molecule has 0 bridgehead atoms. The van der Waals surface area contributed by atoms with Crippen molar-refractivity contribution in [1.82, 2.24) is 9.62 Å². The molecular formula is C23H34N2O4S. The number of sulfonamides is 1. The standard InChI is InChI=1S/C23H34N2O4S/c1-30(27,28)24-21-13-14-25(23(26)20-11-12-20)15-22(21)29-16-17-7-9-19(10-8-17)18-5-3-2-4-6-18/h2-6,17,19-22,24H,7-16H2,1H3/t17?,19?,21-,22+/m0/s1. The molecule has 1 aromatic carbocycles. The Labute approximate surface area is 180 Å². The predicted octanol–water partition coefficient (Wildman–Crippen LogP) is 2.91. The summed E-state index contributed by atoms with van der Waals surface area (Å²) in [5, 5.41) is 0. The summed E-state index contributed by atoms with van der Waals surface area (Å²) in [6.07, 6.45) is 8.08. The number of likely N-dealkylation sites (tertiary alicyclic amines) is 1. The van der Waals surface area contributed by atoms with E-state index < -0.39 is 10.0 Å². The van der Waals surface area contributed by atoms with E-state index in [0.29, 0.717) is 38.0 Å². The quantitative estimate of drug-likeness (QED) is 0.716. The van der Waals surface area contributed by atoms with Crippen LogP contribution in [0.1, 0.15) is 56.4 Å². The van der Waals surface area contributed by atoms with Gasteiger partial charge in [0.1, 0.15) is 0 Å². The van der Waals surface area contributed by atoms with Gasteiger partial charge in [-0.15, -0.1) is 0 Å². The zero-order chi connectivity index (χ0) is 21.1. The second-order valence-electron chi connectivity index (χ2n) is 9.34. The molecule has 0 spiro atoms. The fourth-order valence-corrected chi connectivity index (χ4v) is 5.75. The van der Waals surface area contributed by atoms with E-state index in [9.17, 15) is 13.2 Å². The number of carbonyl (C=O) groups excluding carboxylic acids is 1. The Morgan fingerprint density at radius 3 is 2.40 bits per heavy atom. The van der Waals surface area contributed by atoms with E-state index in [0.717, 1.165) is 25.7 Å². The molecule has 3 fully saturated rings. The summed E-state index contributed by atoms with van der Waals surface area (Å²) in [5.41, 5.74) is 1.43. The van der Waals surface area contributed by atoms with Gasteiger partial charge >= 0.3 is 0 Å². The van der Waals surface area contributed by atoms with Crippen LogP contribution in [-0.2, 0) is 19.6 Å². The van der Waals surface area contributed by atoms with Crippen molar-refractivity contribution in [3.63, 3.8) is 0 Å². The molecule has 1 N–H and O–H groups in total. The molecule has 1 amide bonds. The van der Waals surface area contributed by atoms with E-state index in [4.69, 9.17) is 4.74 Å². The molecule has 3 aliphatic rings. The number of amides is 1. The van der Waals surface area contributed by atoms with Gasteiger partial charge in [-0.1, -0.05) is 30.3 Å². The number of nitrogens with zero attached hydrogens (tertiary/aromatic N) is 1. The maximum atomic E-state index is 12.5. The lowest BCUT2D eigenvalue weighted by molar-refractivity contribution is -0.137. The smallest absolute Gasteiger partial charge is 0.225 e. The monoisotopic (exact) mass is 434 g/mol. The molecule has 0 aromatic heterocycles. The van der Waals surface area contributed by atoms with E-state index in [1.807, 2.05) is 4.90 Å². The van der Waals surface area contributed by atoms with Crippen LogP contribution in [0.15, 0.2) is 30.3 Å². The van der Waals surface area contributed by atoms with Crippen molar-refractivity contribution >= 4 is 15.9 Å². The summed E-state index contributed by atoms with van der Waals surface area (Å²) in [6.45, 7) is 1.73. The molecule has 4 rings (SSSR count). The van der Waals surface area contributed by atoms with Crippen molar-refractivity contribution in [3.05, 3.63) is 35.9 Å². The van der Waals surface area contributed by atoms with Gasteiger partial charge in [0.25, 0.3) is 0 Å². The van der Waals surface area contributed by atoms with Gasteiger partial charge in [-0.05, 0) is 62.3 Å². The molecule has 0 radical (unpaired) electrons. The zero-order valence-corrected chi connectivity index (χ0v) is 18.6. The van der Waals surface area contributed by atoms with Crippen LogP contribution in [0.5, 0.6) is 0 Å². The first-order valence-electron chi connectivity index (χ1n) is 11.3. The molecule has 166 valence electrons. The molecule has 6 nitrogen and oxygen atoms in total. The Balaban J connectivity index is 1.31. The van der Waals surface area contributed by atoms with E-state index in [1.54, 1.807) is 0 Å². The third-order valence-electron chi connectivity index (χ3n) is 6.83. The van der Waals surface area contributed by atoms with Gasteiger partial charge < -0.3 is 9.64 Å². The van der Waals surface area contributed by atoms with Crippen molar-refractivity contribution in [2.75, 3.05) is 26.0 Å². The third kappa shape index (κ3) is 5.83. The predicted molar refractivity (Wildman–Crippen MR) is 117 cm³/mol. The van der Waals surface area contributed by atoms with Gasteiger partial charge in [-0.2, -0.15) is 0 Å². The number of piperidine rings is 1. The first-order valence-corrected chi connectivity index (χ1v) is 13.2. The lowest BCUT2D eigenvalue weighted by atomic mass is 9.79. The largest absolute Gasteiger partial charge is 0.374 e. The Hall–Kier alpha value is -1.44. The van der Waals surface area contributed by atoms with Gasteiger partial charge in [0.15, 0.2) is 0 Å². The number of benzene rings is 1. The fraction of sp³-hybridized carbons (Fsp3) is 0.696. The average molecular weight is 435 g/mol. The molecule has 1 saturated heterocycles. The van der Waals surface area contributed by atoms with E-state index in [-0.39, 0.29) is 24.0 Å². The van der Waals surface area contributed by atoms with Gasteiger partial charge in [-0.3, -0.25) is 4.79 Å². The van der Waals surface area contributed by atoms with E-state index in [1.165, 1.54) is 24.7 Å². The van der Waals surface area contributed by atoms with Crippen molar-refractivity contribution in [2.24, 2.45) is 11.8 Å². The SMILES string of the molecule is CS(=O)(=O)N[C@H]1CCN(C(=O)C2CC2)C[C@H]1OCC1CCC(c2ccccc2)CC1. The van der Waals surface area contributed by atoms with Crippen LogP contribution in [0.3, 0.4) is 0 Å². The molecule has 2 atom stereocenters. The Morgan fingerprint density at radius 1 is 1.07 bits per heavy atom. The van der Waals surface area contributed by atoms with Gasteiger partial charge in [-0.25, -0.2) is 13.1 Å². The van der Waals surface area contributed by atoms with Crippen LogP contribution in [0.4, 0.5) is 0 Å². The second-order valence-corrected chi connectivity index (χ2v) is 11.1. The number of rotatable bonds is 7. The normalized spacial score (nSPS) is 30.2. The zero-order valence-electron chi connectivity index (χ0n) is 17.8. The Morgan fingerprint density at radius 2 is 1.77 bits per heavy atom. The molecule has 0 unspecified atom stereocenters. The van der Waals surface area contributed by atoms with E-state index in [2.05, 4.69) is 35.1 Å². The van der Waals surface area contributed by atoms with Crippen LogP contribution in [0.25, 0.3) is 0 Å². The van der Waals surface area contributed by atoms with Crippen LogP contribution < -0.4 is 4.72 Å². The highest BCUT2D eigenvalue weighted by Crippen LogP contribution is 2.36. The molecule has 1 aromatic rings. The first kappa shape index (κ1) is 21.8. The number of nitrogens with one attached hydrogen (secondary N) is 1. The molecule has 2 saturated carbocycles. The summed E-state index contributed by atoms with van der Waals surface area (Å²) in [7, 11) is -3.31. The lowest BCUT2D eigenvalue weighted by Gasteiger charge is -2.39. The summed E-state index contributed by atoms with van der Waals surface area (Å²) >= 11 is 0. The second kappa shape index (κ2) is 9.37. The topological polar surface area (TPSA) is 75.7 Å². The number of hydrogen-bond acceptors (Lipinski definition) is 4. The van der Waals surface area contributed by atoms with Crippen LogP contribution >= 0.6 is 0 Å². The minimum atomic E-state index is -3.31. The lowest BCUT2D eigenvalue weighted by Crippen LogP contribution is -2.56. The Bertz CT molecular complexity index is 817.